The fourth-order valence-electron chi connectivity index (χ4n) is 3.88. The molecule has 27 heavy (non-hydrogen) atoms. The number of nitrogens with one attached hydrogen (secondary N) is 1. The van der Waals surface area contributed by atoms with E-state index in [1.807, 2.05) is 0 Å². The molecule has 0 spiro atoms. The molecule has 1 heterocycles. The fourth-order valence-corrected chi connectivity index (χ4v) is 5.35. The molecule has 0 atom stereocenters. The molecule has 148 valence electrons. The van der Waals surface area contributed by atoms with Crippen molar-refractivity contribution in [1.82, 2.24) is 9.62 Å². The monoisotopic (exact) mass is 394 g/mol. The van der Waals surface area contributed by atoms with Gasteiger partial charge in [0.2, 0.25) is 15.9 Å². The lowest BCUT2D eigenvalue weighted by Gasteiger charge is -2.30. The first-order chi connectivity index (χ1) is 12.9. The predicted octanol–water partition coefficient (Wildman–Crippen LogP) is 2.09. The average Bonchev–Trinajstić information content (AvgIpc) is 3.20. The number of carbonyl (C=O) groups is 2. The van der Waals surface area contributed by atoms with E-state index in [2.05, 4.69) is 5.32 Å². The third-order valence-electron chi connectivity index (χ3n) is 5.60. The second kappa shape index (κ2) is 8.39. The van der Waals surface area contributed by atoms with Crippen molar-refractivity contribution in [2.75, 3.05) is 19.6 Å². The SMILES string of the molecule is O=C(O)c1ccc(S(=O)(=O)N2CCC(C(=O)NCC3CCCC3)CC2)cc1. The van der Waals surface area contributed by atoms with E-state index in [0.717, 1.165) is 6.54 Å². The zero-order chi connectivity index (χ0) is 19.4. The van der Waals surface area contributed by atoms with E-state index in [-0.39, 0.29) is 22.3 Å². The van der Waals surface area contributed by atoms with Crippen LogP contribution < -0.4 is 5.32 Å². The molecule has 0 unspecified atom stereocenters. The van der Waals surface area contributed by atoms with Gasteiger partial charge in [-0.1, -0.05) is 12.8 Å². The number of carboxylic acids is 1. The van der Waals surface area contributed by atoms with Gasteiger partial charge in [0.15, 0.2) is 0 Å². The first-order valence-electron chi connectivity index (χ1n) is 9.49. The number of amides is 1. The summed E-state index contributed by atoms with van der Waals surface area (Å²) in [6, 6.07) is 5.22. The van der Waals surface area contributed by atoms with E-state index in [0.29, 0.717) is 31.8 Å². The Labute approximate surface area is 159 Å². The Morgan fingerprint density at radius 2 is 1.63 bits per heavy atom. The molecule has 1 saturated heterocycles. The van der Waals surface area contributed by atoms with Crippen LogP contribution in [0.2, 0.25) is 0 Å². The Kier molecular flexibility index (Phi) is 6.16. The van der Waals surface area contributed by atoms with Gasteiger partial charge in [0.05, 0.1) is 10.5 Å². The van der Waals surface area contributed by atoms with Gasteiger partial charge in [-0.05, 0) is 55.9 Å². The van der Waals surface area contributed by atoms with Crippen molar-refractivity contribution in [3.05, 3.63) is 29.8 Å². The number of nitrogens with zero attached hydrogens (tertiary/aromatic N) is 1. The van der Waals surface area contributed by atoms with E-state index in [1.165, 1.54) is 54.3 Å². The van der Waals surface area contributed by atoms with Crippen LogP contribution in [0.4, 0.5) is 0 Å². The third kappa shape index (κ3) is 4.68. The van der Waals surface area contributed by atoms with Gasteiger partial charge in [-0.25, -0.2) is 13.2 Å². The number of carbonyl (C=O) groups excluding carboxylic acids is 1. The number of benzene rings is 1. The van der Waals surface area contributed by atoms with E-state index in [1.54, 1.807) is 0 Å². The highest BCUT2D eigenvalue weighted by Gasteiger charge is 2.32. The third-order valence-corrected chi connectivity index (χ3v) is 7.52. The second-order valence-electron chi connectivity index (χ2n) is 7.40. The van der Waals surface area contributed by atoms with Gasteiger partial charge in [0.25, 0.3) is 0 Å². The molecule has 8 heteroatoms. The number of sulfonamides is 1. The Morgan fingerprint density at radius 3 is 2.19 bits per heavy atom. The topological polar surface area (TPSA) is 104 Å². The summed E-state index contributed by atoms with van der Waals surface area (Å²) in [7, 11) is -3.67. The molecule has 7 nitrogen and oxygen atoms in total. The van der Waals surface area contributed by atoms with Gasteiger partial charge in [-0.15, -0.1) is 0 Å². The summed E-state index contributed by atoms with van der Waals surface area (Å²) in [4.78, 5) is 23.3. The number of hydrogen-bond donors (Lipinski definition) is 2. The lowest BCUT2D eigenvalue weighted by molar-refractivity contribution is -0.126. The van der Waals surface area contributed by atoms with Crippen molar-refractivity contribution >= 4 is 21.9 Å². The molecule has 1 aromatic carbocycles. The molecule has 0 bridgehead atoms. The summed E-state index contributed by atoms with van der Waals surface area (Å²) in [5.41, 5.74) is 0.0478. The van der Waals surface area contributed by atoms with Crippen LogP contribution >= 0.6 is 0 Å². The molecule has 1 aliphatic carbocycles. The highest BCUT2D eigenvalue weighted by Crippen LogP contribution is 2.26. The Hall–Kier alpha value is -1.93. The van der Waals surface area contributed by atoms with Crippen LogP contribution in [0, 0.1) is 11.8 Å². The van der Waals surface area contributed by atoms with E-state index >= 15 is 0 Å². The molecule has 2 aliphatic rings. The Balaban J connectivity index is 1.54. The maximum Gasteiger partial charge on any atom is 0.335 e. The zero-order valence-corrected chi connectivity index (χ0v) is 16.1. The molecule has 1 aromatic rings. The quantitative estimate of drug-likeness (QED) is 0.769. The number of rotatable bonds is 6. The summed E-state index contributed by atoms with van der Waals surface area (Å²) in [5.74, 6) is -0.622. The van der Waals surface area contributed by atoms with Crippen LogP contribution in [-0.4, -0.2) is 49.3 Å². The summed E-state index contributed by atoms with van der Waals surface area (Å²) < 4.78 is 26.8. The number of piperidine rings is 1. The van der Waals surface area contributed by atoms with Gasteiger partial charge < -0.3 is 10.4 Å². The molecular weight excluding hydrogens is 368 g/mol. The molecule has 0 aromatic heterocycles. The van der Waals surface area contributed by atoms with Crippen molar-refractivity contribution in [1.29, 1.82) is 0 Å². The average molecular weight is 394 g/mol. The summed E-state index contributed by atoms with van der Waals surface area (Å²) in [5, 5.41) is 12.0. The van der Waals surface area contributed by atoms with Gasteiger partial charge in [-0.3, -0.25) is 4.79 Å². The first kappa shape index (κ1) is 19.8. The molecule has 0 radical (unpaired) electrons. The summed E-state index contributed by atoms with van der Waals surface area (Å²) >= 11 is 0. The van der Waals surface area contributed by atoms with Crippen LogP contribution in [0.15, 0.2) is 29.2 Å². The second-order valence-corrected chi connectivity index (χ2v) is 9.34. The minimum Gasteiger partial charge on any atom is -0.478 e. The molecule has 2 fully saturated rings. The first-order valence-corrected chi connectivity index (χ1v) is 10.9. The minimum atomic E-state index is -3.67. The van der Waals surface area contributed by atoms with Crippen molar-refractivity contribution < 1.29 is 23.1 Å². The number of hydrogen-bond acceptors (Lipinski definition) is 4. The highest BCUT2D eigenvalue weighted by atomic mass is 32.2. The summed E-state index contributed by atoms with van der Waals surface area (Å²) in [6.07, 6.45) is 5.84. The van der Waals surface area contributed by atoms with Crippen LogP contribution in [0.25, 0.3) is 0 Å². The Morgan fingerprint density at radius 1 is 1.04 bits per heavy atom. The van der Waals surface area contributed by atoms with Gasteiger partial charge in [0.1, 0.15) is 0 Å². The van der Waals surface area contributed by atoms with E-state index in [4.69, 9.17) is 5.11 Å². The lowest BCUT2D eigenvalue weighted by Crippen LogP contribution is -2.43. The molecule has 1 saturated carbocycles. The van der Waals surface area contributed by atoms with Gasteiger partial charge >= 0.3 is 5.97 Å². The van der Waals surface area contributed by atoms with Crippen molar-refractivity contribution in [2.45, 2.75) is 43.4 Å². The van der Waals surface area contributed by atoms with Crippen LogP contribution in [0.1, 0.15) is 48.9 Å². The van der Waals surface area contributed by atoms with E-state index in [9.17, 15) is 18.0 Å². The lowest BCUT2D eigenvalue weighted by atomic mass is 9.97. The standard InChI is InChI=1S/C19H26N2O5S/c22-18(20-13-14-3-1-2-4-14)15-9-11-21(12-10-15)27(25,26)17-7-5-16(6-8-17)19(23)24/h5-8,14-15H,1-4,9-13H2,(H,20,22)(H,23,24). The molecular formula is C19H26N2O5S. The number of aromatic carboxylic acids is 1. The van der Waals surface area contributed by atoms with Crippen LogP contribution in [0.5, 0.6) is 0 Å². The van der Waals surface area contributed by atoms with Gasteiger partial charge in [-0.2, -0.15) is 4.31 Å². The minimum absolute atomic E-state index is 0.0322. The van der Waals surface area contributed by atoms with Crippen LogP contribution in [0.3, 0.4) is 0 Å². The highest BCUT2D eigenvalue weighted by molar-refractivity contribution is 7.89. The molecule has 3 rings (SSSR count). The predicted molar refractivity (Wildman–Crippen MR) is 99.9 cm³/mol. The zero-order valence-electron chi connectivity index (χ0n) is 15.3. The maximum atomic E-state index is 12.7. The smallest absolute Gasteiger partial charge is 0.335 e. The van der Waals surface area contributed by atoms with Gasteiger partial charge in [0, 0.05) is 25.6 Å². The van der Waals surface area contributed by atoms with E-state index < -0.39 is 16.0 Å². The molecule has 1 amide bonds. The number of carboxylic acid groups (broad SMARTS) is 1. The summed E-state index contributed by atoms with van der Waals surface area (Å²) in [6.45, 7) is 1.32. The van der Waals surface area contributed by atoms with Crippen molar-refractivity contribution in [3.63, 3.8) is 0 Å². The molecule has 1 aliphatic heterocycles. The van der Waals surface area contributed by atoms with Crippen molar-refractivity contribution in [2.24, 2.45) is 11.8 Å². The molecule has 2 N–H and O–H groups in total. The van der Waals surface area contributed by atoms with Crippen molar-refractivity contribution in [3.8, 4) is 0 Å². The van der Waals surface area contributed by atoms with Crippen LogP contribution in [-0.2, 0) is 14.8 Å². The maximum absolute atomic E-state index is 12.7. The Bertz CT molecular complexity index is 777. The normalized spacial score (nSPS) is 19.9. The largest absolute Gasteiger partial charge is 0.478 e. The fraction of sp³-hybridized carbons (Fsp3) is 0.579.